The molecule has 25 heavy (non-hydrogen) atoms. The van der Waals surface area contributed by atoms with Crippen molar-refractivity contribution in [1.82, 2.24) is 10.2 Å². The molecule has 1 aromatic carbocycles. The summed E-state index contributed by atoms with van der Waals surface area (Å²) in [6.45, 7) is 2.68. The Morgan fingerprint density at radius 3 is 2.36 bits per heavy atom. The molecule has 1 aliphatic heterocycles. The number of likely N-dealkylation sites (tertiary alicyclic amines) is 1. The minimum Gasteiger partial charge on any atom is -0.349 e. The smallest absolute Gasteiger partial charge is 0.251 e. The maximum atomic E-state index is 15.0. The number of halogens is 3. The van der Waals surface area contributed by atoms with Crippen molar-refractivity contribution < 1.29 is 9.18 Å². The minimum absolute atomic E-state index is 0.0350. The first-order valence-electron chi connectivity index (χ1n) is 9.09. The quantitative estimate of drug-likeness (QED) is 0.793. The van der Waals surface area contributed by atoms with E-state index in [1.54, 1.807) is 6.07 Å². The van der Waals surface area contributed by atoms with Gasteiger partial charge in [-0.15, -0.1) is 0 Å². The zero-order valence-electron chi connectivity index (χ0n) is 14.4. The summed E-state index contributed by atoms with van der Waals surface area (Å²) in [5.74, 6) is 0.453. The predicted octanol–water partition coefficient (Wildman–Crippen LogP) is 4.72. The summed E-state index contributed by atoms with van der Waals surface area (Å²) in [5, 5.41) is 3.49. The van der Waals surface area contributed by atoms with Gasteiger partial charge in [0.15, 0.2) is 0 Å². The molecule has 3 rings (SSSR count). The molecule has 1 saturated heterocycles. The molecule has 1 amide bonds. The van der Waals surface area contributed by atoms with E-state index in [9.17, 15) is 4.79 Å². The van der Waals surface area contributed by atoms with Crippen molar-refractivity contribution in [3.63, 3.8) is 0 Å². The van der Waals surface area contributed by atoms with Crippen LogP contribution in [0.2, 0.25) is 10.0 Å². The SMILES string of the molecule is O=C(NCC1(F)CCN(CC2CCCC2)CC1)c1cc(Cl)cc(Cl)c1. The topological polar surface area (TPSA) is 32.3 Å². The Hall–Kier alpha value is -0.840. The van der Waals surface area contributed by atoms with E-state index in [0.717, 1.165) is 25.6 Å². The number of amides is 1. The van der Waals surface area contributed by atoms with Crippen molar-refractivity contribution in [2.24, 2.45) is 5.92 Å². The Morgan fingerprint density at radius 1 is 1.16 bits per heavy atom. The molecular formula is C19H25Cl2FN2O. The summed E-state index contributed by atoms with van der Waals surface area (Å²) in [7, 11) is 0. The zero-order chi connectivity index (χ0) is 17.9. The Morgan fingerprint density at radius 2 is 1.76 bits per heavy atom. The lowest BCUT2D eigenvalue weighted by atomic mass is 9.92. The first-order chi connectivity index (χ1) is 11.9. The summed E-state index contributed by atoms with van der Waals surface area (Å²) >= 11 is 11.8. The van der Waals surface area contributed by atoms with Crippen LogP contribution >= 0.6 is 23.2 Å². The van der Waals surface area contributed by atoms with Gasteiger partial charge in [0.25, 0.3) is 5.91 Å². The number of hydrogen-bond donors (Lipinski definition) is 1. The van der Waals surface area contributed by atoms with E-state index in [0.29, 0.717) is 28.5 Å². The van der Waals surface area contributed by atoms with Gasteiger partial charge >= 0.3 is 0 Å². The van der Waals surface area contributed by atoms with E-state index in [1.165, 1.54) is 37.8 Å². The molecule has 1 N–H and O–H groups in total. The maximum Gasteiger partial charge on any atom is 0.251 e. The van der Waals surface area contributed by atoms with Crippen LogP contribution in [0.25, 0.3) is 0 Å². The summed E-state index contributed by atoms with van der Waals surface area (Å²) in [4.78, 5) is 14.6. The fraction of sp³-hybridized carbons (Fsp3) is 0.632. The van der Waals surface area contributed by atoms with Crippen LogP contribution in [0.1, 0.15) is 48.9 Å². The Labute approximate surface area is 158 Å². The van der Waals surface area contributed by atoms with Gasteiger partial charge in [0.1, 0.15) is 5.67 Å². The van der Waals surface area contributed by atoms with Gasteiger partial charge in [-0.05, 0) is 49.8 Å². The van der Waals surface area contributed by atoms with Gasteiger partial charge in [0.2, 0.25) is 0 Å². The van der Waals surface area contributed by atoms with Crippen molar-refractivity contribution in [3.05, 3.63) is 33.8 Å². The van der Waals surface area contributed by atoms with Crippen LogP contribution in [0.5, 0.6) is 0 Å². The molecule has 1 saturated carbocycles. The molecule has 1 aromatic rings. The van der Waals surface area contributed by atoms with E-state index in [2.05, 4.69) is 10.2 Å². The molecule has 2 aliphatic rings. The third kappa shape index (κ3) is 5.32. The van der Waals surface area contributed by atoms with Gasteiger partial charge in [0.05, 0.1) is 6.54 Å². The fourth-order valence-corrected chi connectivity index (χ4v) is 4.42. The molecule has 1 heterocycles. The molecule has 6 heteroatoms. The second-order valence-electron chi connectivity index (χ2n) is 7.44. The highest BCUT2D eigenvalue weighted by molar-refractivity contribution is 6.35. The summed E-state index contributed by atoms with van der Waals surface area (Å²) in [5.41, 5.74) is -0.968. The Balaban J connectivity index is 1.47. The lowest BCUT2D eigenvalue weighted by molar-refractivity contribution is 0.0490. The zero-order valence-corrected chi connectivity index (χ0v) is 15.9. The molecule has 2 fully saturated rings. The number of benzene rings is 1. The van der Waals surface area contributed by atoms with Crippen LogP contribution in [0.3, 0.4) is 0 Å². The van der Waals surface area contributed by atoms with Gasteiger partial charge in [-0.1, -0.05) is 36.0 Å². The van der Waals surface area contributed by atoms with Gasteiger partial charge in [-0.3, -0.25) is 4.79 Å². The van der Waals surface area contributed by atoms with Crippen molar-refractivity contribution >= 4 is 29.1 Å². The van der Waals surface area contributed by atoms with E-state index in [4.69, 9.17) is 23.2 Å². The van der Waals surface area contributed by atoms with E-state index >= 15 is 4.39 Å². The van der Waals surface area contributed by atoms with Crippen molar-refractivity contribution in [3.8, 4) is 0 Å². The highest BCUT2D eigenvalue weighted by atomic mass is 35.5. The maximum absolute atomic E-state index is 15.0. The number of piperidine rings is 1. The highest BCUT2D eigenvalue weighted by Crippen LogP contribution is 2.30. The van der Waals surface area contributed by atoms with Crippen LogP contribution in [-0.2, 0) is 0 Å². The molecule has 0 unspecified atom stereocenters. The van der Waals surface area contributed by atoms with Gasteiger partial charge in [-0.2, -0.15) is 0 Å². The standard InChI is InChI=1S/C19H25Cl2FN2O/c20-16-9-15(10-17(21)11-16)18(25)23-13-19(22)5-7-24(8-6-19)12-14-3-1-2-4-14/h9-11,14H,1-8,12-13H2,(H,23,25). The van der Waals surface area contributed by atoms with Crippen LogP contribution in [0.15, 0.2) is 18.2 Å². The molecule has 0 atom stereocenters. The first kappa shape index (κ1) is 18.9. The number of rotatable bonds is 5. The average Bonchev–Trinajstić information content (AvgIpc) is 3.07. The number of nitrogens with zero attached hydrogens (tertiary/aromatic N) is 1. The second-order valence-corrected chi connectivity index (χ2v) is 8.32. The largest absolute Gasteiger partial charge is 0.349 e. The molecule has 3 nitrogen and oxygen atoms in total. The van der Waals surface area contributed by atoms with Crippen molar-refractivity contribution in [2.75, 3.05) is 26.2 Å². The predicted molar refractivity (Wildman–Crippen MR) is 100 cm³/mol. The normalized spacial score (nSPS) is 21.4. The van der Waals surface area contributed by atoms with E-state index in [1.807, 2.05) is 0 Å². The number of carbonyl (C=O) groups excluding carboxylic acids is 1. The van der Waals surface area contributed by atoms with Gasteiger partial charge in [0, 0.05) is 35.2 Å². The number of nitrogens with one attached hydrogen (secondary N) is 1. The number of alkyl halides is 1. The molecule has 138 valence electrons. The van der Waals surface area contributed by atoms with Crippen LogP contribution in [0, 0.1) is 5.92 Å². The van der Waals surface area contributed by atoms with E-state index < -0.39 is 5.67 Å². The molecule has 0 aromatic heterocycles. The molecule has 0 radical (unpaired) electrons. The van der Waals surface area contributed by atoms with Crippen molar-refractivity contribution in [1.29, 1.82) is 0 Å². The fourth-order valence-electron chi connectivity index (χ4n) is 3.90. The lowest BCUT2D eigenvalue weighted by Crippen LogP contribution is -2.49. The van der Waals surface area contributed by atoms with Crippen LogP contribution in [-0.4, -0.2) is 42.7 Å². The molecule has 0 bridgehead atoms. The summed E-state index contributed by atoms with van der Waals surface area (Å²) in [6, 6.07) is 4.65. The summed E-state index contributed by atoms with van der Waals surface area (Å²) < 4.78 is 15.0. The van der Waals surface area contributed by atoms with Crippen LogP contribution < -0.4 is 5.32 Å². The minimum atomic E-state index is -1.33. The number of hydrogen-bond acceptors (Lipinski definition) is 2. The molecular weight excluding hydrogens is 362 g/mol. The second kappa shape index (κ2) is 8.24. The monoisotopic (exact) mass is 386 g/mol. The lowest BCUT2D eigenvalue weighted by Gasteiger charge is -2.37. The van der Waals surface area contributed by atoms with Gasteiger partial charge in [-0.25, -0.2) is 4.39 Å². The molecule has 0 spiro atoms. The number of carbonyl (C=O) groups is 1. The third-order valence-corrected chi connectivity index (χ3v) is 5.87. The van der Waals surface area contributed by atoms with Crippen molar-refractivity contribution in [2.45, 2.75) is 44.2 Å². The van der Waals surface area contributed by atoms with E-state index in [-0.39, 0.29) is 12.5 Å². The Bertz CT molecular complexity index is 591. The average molecular weight is 387 g/mol. The van der Waals surface area contributed by atoms with Crippen LogP contribution in [0.4, 0.5) is 4.39 Å². The first-order valence-corrected chi connectivity index (χ1v) is 9.85. The molecule has 1 aliphatic carbocycles. The Kier molecular flexibility index (Phi) is 6.24. The third-order valence-electron chi connectivity index (χ3n) is 5.43. The highest BCUT2D eigenvalue weighted by Gasteiger charge is 2.35. The summed E-state index contributed by atoms with van der Waals surface area (Å²) in [6.07, 6.45) is 6.24. The van der Waals surface area contributed by atoms with Gasteiger partial charge < -0.3 is 10.2 Å².